The summed E-state index contributed by atoms with van der Waals surface area (Å²) < 4.78 is 24.6. The van der Waals surface area contributed by atoms with Crippen LogP contribution < -0.4 is 4.74 Å². The van der Waals surface area contributed by atoms with Gasteiger partial charge in [-0.25, -0.2) is 4.39 Å². The van der Waals surface area contributed by atoms with Crippen molar-refractivity contribution in [3.8, 4) is 5.75 Å². The van der Waals surface area contributed by atoms with Crippen LogP contribution in [0.3, 0.4) is 0 Å². The fraction of sp³-hybridized carbons (Fsp3) is 0.625. The fourth-order valence-electron chi connectivity index (χ4n) is 2.86. The first-order valence-corrected chi connectivity index (χ1v) is 7.37. The van der Waals surface area contributed by atoms with Crippen molar-refractivity contribution in [2.75, 3.05) is 33.4 Å². The average Bonchev–Trinajstić information content (AvgIpc) is 2.54. The number of morpholine rings is 1. The minimum atomic E-state index is -0.897. The quantitative estimate of drug-likeness (QED) is 0.906. The minimum absolute atomic E-state index is 0.312. The van der Waals surface area contributed by atoms with Crippen LogP contribution in [0.2, 0.25) is 0 Å². The van der Waals surface area contributed by atoms with E-state index in [-0.39, 0.29) is 0 Å². The van der Waals surface area contributed by atoms with Crippen molar-refractivity contribution in [1.29, 1.82) is 0 Å². The molecule has 0 spiro atoms. The highest BCUT2D eigenvalue weighted by Crippen LogP contribution is 2.36. The summed E-state index contributed by atoms with van der Waals surface area (Å²) in [6.07, 6.45) is -0.175. The van der Waals surface area contributed by atoms with E-state index < -0.39 is 17.5 Å². The number of hydrogen-bond acceptors (Lipinski definition) is 4. The van der Waals surface area contributed by atoms with Crippen molar-refractivity contribution in [2.24, 2.45) is 0 Å². The maximum absolute atomic E-state index is 14.2. The zero-order valence-electron chi connectivity index (χ0n) is 12.9. The van der Waals surface area contributed by atoms with Crippen LogP contribution >= 0.6 is 0 Å². The van der Waals surface area contributed by atoms with E-state index in [1.807, 2.05) is 13.8 Å². The van der Waals surface area contributed by atoms with Crippen molar-refractivity contribution >= 4 is 0 Å². The summed E-state index contributed by atoms with van der Waals surface area (Å²) in [5, 5.41) is 10.8. The van der Waals surface area contributed by atoms with Gasteiger partial charge >= 0.3 is 0 Å². The summed E-state index contributed by atoms with van der Waals surface area (Å²) in [4.78, 5) is 2.19. The molecule has 0 bridgehead atoms. The molecule has 1 aromatic carbocycles. The van der Waals surface area contributed by atoms with Crippen molar-refractivity contribution in [3.63, 3.8) is 0 Å². The monoisotopic (exact) mass is 297 g/mol. The molecule has 1 aromatic rings. The van der Waals surface area contributed by atoms with E-state index in [1.165, 1.54) is 13.2 Å². The molecule has 118 valence electrons. The summed E-state index contributed by atoms with van der Waals surface area (Å²) in [5.41, 5.74) is -0.203. The largest absolute Gasteiger partial charge is 0.497 e. The lowest BCUT2D eigenvalue weighted by Crippen LogP contribution is -2.54. The van der Waals surface area contributed by atoms with E-state index in [2.05, 4.69) is 4.90 Å². The summed E-state index contributed by atoms with van der Waals surface area (Å²) in [6, 6.07) is 4.60. The lowest BCUT2D eigenvalue weighted by Gasteiger charge is -2.46. The van der Waals surface area contributed by atoms with Gasteiger partial charge in [-0.2, -0.15) is 0 Å². The van der Waals surface area contributed by atoms with Crippen LogP contribution in [-0.4, -0.2) is 49.0 Å². The highest BCUT2D eigenvalue weighted by Gasteiger charge is 2.40. The van der Waals surface area contributed by atoms with Gasteiger partial charge in [0.05, 0.1) is 26.4 Å². The Labute approximate surface area is 125 Å². The van der Waals surface area contributed by atoms with Gasteiger partial charge in [0.1, 0.15) is 11.6 Å². The zero-order valence-corrected chi connectivity index (χ0v) is 12.9. The van der Waals surface area contributed by atoms with Gasteiger partial charge in [0.15, 0.2) is 0 Å². The van der Waals surface area contributed by atoms with Crippen molar-refractivity contribution in [2.45, 2.75) is 31.9 Å². The molecule has 1 aliphatic heterocycles. The van der Waals surface area contributed by atoms with Gasteiger partial charge in [-0.3, -0.25) is 4.90 Å². The number of methoxy groups -OCH3 is 1. The van der Waals surface area contributed by atoms with Crippen LogP contribution in [-0.2, 0) is 4.74 Å². The van der Waals surface area contributed by atoms with Gasteiger partial charge in [-0.15, -0.1) is 0 Å². The second-order valence-electron chi connectivity index (χ2n) is 5.60. The van der Waals surface area contributed by atoms with E-state index in [0.717, 1.165) is 19.5 Å². The Balaban J connectivity index is 2.28. The molecule has 0 aromatic heterocycles. The normalized spacial score (nSPS) is 20.8. The molecule has 1 N–H and O–H groups in total. The molecule has 0 amide bonds. The lowest BCUT2D eigenvalue weighted by atomic mass is 9.84. The first-order valence-electron chi connectivity index (χ1n) is 7.37. The maximum Gasteiger partial charge on any atom is 0.132 e. The second-order valence-corrected chi connectivity index (χ2v) is 5.60. The number of nitrogens with zero attached hydrogens (tertiary/aromatic N) is 1. The predicted octanol–water partition coefficient (Wildman–Crippen LogP) is 2.37. The number of benzene rings is 1. The Morgan fingerprint density at radius 3 is 2.62 bits per heavy atom. The molecule has 0 radical (unpaired) electrons. The van der Waals surface area contributed by atoms with Gasteiger partial charge in [0.25, 0.3) is 0 Å². The molecule has 2 atom stereocenters. The number of rotatable bonds is 5. The average molecular weight is 297 g/mol. The van der Waals surface area contributed by atoms with Gasteiger partial charge < -0.3 is 14.6 Å². The van der Waals surface area contributed by atoms with Crippen molar-refractivity contribution in [1.82, 2.24) is 4.90 Å². The van der Waals surface area contributed by atoms with E-state index >= 15 is 0 Å². The minimum Gasteiger partial charge on any atom is -0.497 e. The molecule has 1 heterocycles. The SMILES string of the molecule is CCC(C)(C(O)c1ccc(OC)cc1F)N1CCOCC1. The van der Waals surface area contributed by atoms with Crippen LogP contribution in [0, 0.1) is 5.82 Å². The zero-order chi connectivity index (χ0) is 15.5. The molecule has 1 aliphatic rings. The molecular weight excluding hydrogens is 273 g/mol. The topological polar surface area (TPSA) is 41.9 Å². The summed E-state index contributed by atoms with van der Waals surface area (Å²) >= 11 is 0. The van der Waals surface area contributed by atoms with Crippen LogP contribution in [0.5, 0.6) is 5.75 Å². The lowest BCUT2D eigenvalue weighted by molar-refractivity contribution is -0.0743. The second kappa shape index (κ2) is 6.73. The smallest absolute Gasteiger partial charge is 0.132 e. The summed E-state index contributed by atoms with van der Waals surface area (Å²) in [6.45, 7) is 6.78. The molecule has 2 rings (SSSR count). The Bertz CT molecular complexity index is 477. The Morgan fingerprint density at radius 1 is 1.43 bits per heavy atom. The molecule has 1 saturated heterocycles. The summed E-state index contributed by atoms with van der Waals surface area (Å²) in [7, 11) is 1.49. The number of halogens is 1. The first kappa shape index (κ1) is 16.2. The highest BCUT2D eigenvalue weighted by molar-refractivity contribution is 5.31. The van der Waals surface area contributed by atoms with E-state index in [4.69, 9.17) is 9.47 Å². The number of aliphatic hydroxyl groups excluding tert-OH is 1. The molecular formula is C16H24FNO3. The van der Waals surface area contributed by atoms with Crippen LogP contribution in [0.25, 0.3) is 0 Å². The van der Waals surface area contributed by atoms with Gasteiger partial charge in [0.2, 0.25) is 0 Å². The molecule has 2 unspecified atom stereocenters. The molecule has 1 fully saturated rings. The molecule has 0 saturated carbocycles. The Hall–Kier alpha value is -1.17. The Kier molecular flexibility index (Phi) is 5.19. The van der Waals surface area contributed by atoms with Crippen LogP contribution in [0.4, 0.5) is 4.39 Å². The van der Waals surface area contributed by atoms with Crippen LogP contribution in [0.15, 0.2) is 18.2 Å². The third-order valence-corrected chi connectivity index (χ3v) is 4.54. The number of aliphatic hydroxyl groups is 1. The van der Waals surface area contributed by atoms with Crippen molar-refractivity contribution in [3.05, 3.63) is 29.6 Å². The first-order chi connectivity index (χ1) is 10.0. The van der Waals surface area contributed by atoms with E-state index in [0.29, 0.717) is 24.5 Å². The third-order valence-electron chi connectivity index (χ3n) is 4.54. The maximum atomic E-state index is 14.2. The number of ether oxygens (including phenoxy) is 2. The van der Waals surface area contributed by atoms with Gasteiger partial charge in [-0.1, -0.05) is 6.92 Å². The van der Waals surface area contributed by atoms with Crippen LogP contribution in [0.1, 0.15) is 31.9 Å². The molecule has 5 heteroatoms. The standard InChI is InChI=1S/C16H24FNO3/c1-4-16(2,18-7-9-21-10-8-18)15(19)13-6-5-12(20-3)11-14(13)17/h5-6,11,15,19H,4,7-10H2,1-3H3. The van der Waals surface area contributed by atoms with Crippen molar-refractivity contribution < 1.29 is 19.0 Å². The fourth-order valence-corrected chi connectivity index (χ4v) is 2.86. The number of hydrogen-bond donors (Lipinski definition) is 1. The van der Waals surface area contributed by atoms with Gasteiger partial charge in [-0.05, 0) is 25.5 Å². The highest BCUT2D eigenvalue weighted by atomic mass is 19.1. The van der Waals surface area contributed by atoms with E-state index in [1.54, 1.807) is 12.1 Å². The van der Waals surface area contributed by atoms with E-state index in [9.17, 15) is 9.50 Å². The molecule has 0 aliphatic carbocycles. The third kappa shape index (κ3) is 3.20. The van der Waals surface area contributed by atoms with Gasteiger partial charge in [0, 0.05) is 30.3 Å². The predicted molar refractivity (Wildman–Crippen MR) is 79.0 cm³/mol. The summed E-state index contributed by atoms with van der Waals surface area (Å²) in [5.74, 6) is 0.0165. The Morgan fingerprint density at radius 2 is 2.10 bits per heavy atom. The molecule has 21 heavy (non-hydrogen) atoms. The molecule has 4 nitrogen and oxygen atoms in total.